The van der Waals surface area contributed by atoms with Crippen molar-refractivity contribution in [3.8, 4) is 5.75 Å². The Morgan fingerprint density at radius 1 is 1.00 bits per heavy atom. The van der Waals surface area contributed by atoms with Gasteiger partial charge >= 0.3 is 0 Å². The van der Waals surface area contributed by atoms with E-state index in [1.54, 1.807) is 25.1 Å². The first kappa shape index (κ1) is 20.0. The molecule has 0 N–H and O–H groups in total. The van der Waals surface area contributed by atoms with Crippen LogP contribution in [0, 0.1) is 0 Å². The summed E-state index contributed by atoms with van der Waals surface area (Å²) in [5.41, 5.74) is 2.21. The number of likely N-dealkylation sites (N-methyl/N-ethyl adjacent to an activating group) is 1. The van der Waals surface area contributed by atoms with Crippen molar-refractivity contribution in [1.29, 1.82) is 0 Å². The Bertz CT molecular complexity index is 1230. The molecule has 0 saturated heterocycles. The summed E-state index contributed by atoms with van der Waals surface area (Å²) in [7, 11) is 3.31. The van der Waals surface area contributed by atoms with Gasteiger partial charge in [-0.3, -0.25) is 14.5 Å². The first-order valence-corrected chi connectivity index (χ1v) is 10.3. The number of amides is 2. The second kappa shape index (κ2) is 7.66. The van der Waals surface area contributed by atoms with Gasteiger partial charge in [-0.15, -0.1) is 0 Å². The van der Waals surface area contributed by atoms with E-state index in [0.717, 1.165) is 22.6 Å². The van der Waals surface area contributed by atoms with Gasteiger partial charge in [-0.25, -0.2) is 0 Å². The van der Waals surface area contributed by atoms with Crippen LogP contribution in [0.15, 0.2) is 78.9 Å². The topological polar surface area (TPSA) is 59.1 Å². The molecular formula is C26H22N2O4. The molecule has 0 fully saturated rings. The molecule has 0 aliphatic carbocycles. The predicted molar refractivity (Wildman–Crippen MR) is 122 cm³/mol. The highest BCUT2D eigenvalue weighted by molar-refractivity contribution is 6.16. The van der Waals surface area contributed by atoms with Gasteiger partial charge in [0.2, 0.25) is 0 Å². The molecule has 2 aliphatic rings. The fourth-order valence-electron chi connectivity index (χ4n) is 4.36. The molecule has 2 aliphatic heterocycles. The summed E-state index contributed by atoms with van der Waals surface area (Å²) in [4.78, 5) is 30.3. The molecule has 32 heavy (non-hydrogen) atoms. The Labute approximate surface area is 186 Å². The summed E-state index contributed by atoms with van der Waals surface area (Å²) < 4.78 is 11.4. The van der Waals surface area contributed by atoms with E-state index in [-0.39, 0.29) is 18.4 Å². The number of hydrogen-bond acceptors (Lipinski definition) is 4. The van der Waals surface area contributed by atoms with Crippen LogP contribution in [0.3, 0.4) is 0 Å². The number of fused-ring (bicyclic) bond motifs is 3. The molecular weight excluding hydrogens is 404 g/mol. The lowest BCUT2D eigenvalue weighted by Gasteiger charge is -2.43. The quantitative estimate of drug-likeness (QED) is 0.592. The summed E-state index contributed by atoms with van der Waals surface area (Å²) >= 11 is 0. The molecule has 6 heteroatoms. The molecule has 6 nitrogen and oxygen atoms in total. The normalized spacial score (nSPS) is 19.4. The molecule has 2 amide bonds. The van der Waals surface area contributed by atoms with Gasteiger partial charge in [-0.2, -0.15) is 0 Å². The standard InChI is InChI=1S/C26H22N2O4/c1-27-23-10-6-4-8-21(23)26(25(27)30)28(22-9-5-3-7-19(22)17-32-26)24(29)16-13-18-11-14-20(31-2)15-12-18/h3-16H,17H2,1-2H3/b16-13+. The van der Waals surface area contributed by atoms with E-state index < -0.39 is 5.72 Å². The number of benzene rings is 3. The molecule has 0 aromatic heterocycles. The largest absolute Gasteiger partial charge is 0.497 e. The fraction of sp³-hybridized carbons (Fsp3) is 0.154. The lowest BCUT2D eigenvalue weighted by Crippen LogP contribution is -2.58. The van der Waals surface area contributed by atoms with Crippen LogP contribution in [0.25, 0.3) is 6.08 Å². The Balaban J connectivity index is 1.62. The average Bonchev–Trinajstić information content (AvgIpc) is 3.05. The van der Waals surface area contributed by atoms with Crippen LogP contribution in [0.1, 0.15) is 16.7 Å². The minimum Gasteiger partial charge on any atom is -0.497 e. The van der Waals surface area contributed by atoms with Gasteiger partial charge in [0.15, 0.2) is 0 Å². The molecule has 1 atom stereocenters. The highest BCUT2D eigenvalue weighted by atomic mass is 16.5. The summed E-state index contributed by atoms with van der Waals surface area (Å²) in [6.45, 7) is 0.232. The Kier molecular flexibility index (Phi) is 4.79. The minimum atomic E-state index is -1.54. The van der Waals surface area contributed by atoms with Crippen LogP contribution >= 0.6 is 0 Å². The van der Waals surface area contributed by atoms with E-state index in [1.807, 2.05) is 72.8 Å². The third-order valence-corrected chi connectivity index (χ3v) is 5.96. The lowest BCUT2D eigenvalue weighted by molar-refractivity contribution is -0.151. The molecule has 1 unspecified atom stereocenters. The van der Waals surface area contributed by atoms with Gasteiger partial charge in [0.05, 0.1) is 25.1 Å². The van der Waals surface area contributed by atoms with Crippen molar-refractivity contribution < 1.29 is 19.1 Å². The predicted octanol–water partition coefficient (Wildman–Crippen LogP) is 4.10. The Morgan fingerprint density at radius 3 is 2.44 bits per heavy atom. The van der Waals surface area contributed by atoms with Crippen molar-refractivity contribution in [1.82, 2.24) is 0 Å². The number of nitrogens with zero attached hydrogens (tertiary/aromatic N) is 2. The molecule has 3 aromatic carbocycles. The van der Waals surface area contributed by atoms with Gasteiger partial charge in [-0.1, -0.05) is 48.5 Å². The molecule has 1 spiro atoms. The monoisotopic (exact) mass is 426 g/mol. The van der Waals surface area contributed by atoms with Gasteiger partial charge in [-0.05, 0) is 35.9 Å². The number of anilines is 2. The van der Waals surface area contributed by atoms with Gasteiger partial charge in [0, 0.05) is 24.3 Å². The van der Waals surface area contributed by atoms with Gasteiger partial charge < -0.3 is 14.4 Å². The zero-order valence-corrected chi connectivity index (χ0v) is 17.8. The number of hydrogen-bond donors (Lipinski definition) is 0. The smallest absolute Gasteiger partial charge is 0.285 e. The first-order chi connectivity index (χ1) is 15.6. The van der Waals surface area contributed by atoms with Crippen molar-refractivity contribution in [2.75, 3.05) is 24.0 Å². The molecule has 0 radical (unpaired) electrons. The zero-order chi connectivity index (χ0) is 22.3. The van der Waals surface area contributed by atoms with E-state index in [0.29, 0.717) is 11.3 Å². The van der Waals surface area contributed by atoms with Crippen molar-refractivity contribution in [2.45, 2.75) is 12.3 Å². The zero-order valence-electron chi connectivity index (χ0n) is 17.8. The number of ether oxygens (including phenoxy) is 2. The van der Waals surface area contributed by atoms with Crippen molar-refractivity contribution in [2.24, 2.45) is 0 Å². The highest BCUT2D eigenvalue weighted by Gasteiger charge is 2.59. The van der Waals surface area contributed by atoms with E-state index in [2.05, 4.69) is 0 Å². The summed E-state index contributed by atoms with van der Waals surface area (Å²) in [5.74, 6) is 0.104. The van der Waals surface area contributed by atoms with Gasteiger partial charge in [0.25, 0.3) is 17.5 Å². The van der Waals surface area contributed by atoms with Crippen LogP contribution in [0.4, 0.5) is 11.4 Å². The molecule has 2 heterocycles. The Morgan fingerprint density at radius 2 is 1.69 bits per heavy atom. The third kappa shape index (κ3) is 2.92. The molecule has 0 saturated carbocycles. The number of carbonyl (C=O) groups excluding carboxylic acids is 2. The van der Waals surface area contributed by atoms with Crippen molar-refractivity contribution in [3.05, 3.63) is 95.6 Å². The number of carbonyl (C=O) groups is 2. The fourth-order valence-corrected chi connectivity index (χ4v) is 4.36. The molecule has 0 bridgehead atoms. The van der Waals surface area contributed by atoms with Crippen LogP contribution in [-0.2, 0) is 26.7 Å². The number of rotatable bonds is 3. The van der Waals surface area contributed by atoms with E-state index in [4.69, 9.17) is 9.47 Å². The summed E-state index contributed by atoms with van der Waals surface area (Å²) in [6.07, 6.45) is 3.20. The van der Waals surface area contributed by atoms with Crippen LogP contribution in [-0.4, -0.2) is 26.0 Å². The highest BCUT2D eigenvalue weighted by Crippen LogP contribution is 2.49. The average molecular weight is 426 g/mol. The van der Waals surface area contributed by atoms with Gasteiger partial charge in [0.1, 0.15) is 5.75 Å². The second-order valence-electron chi connectivity index (χ2n) is 7.72. The molecule has 3 aromatic rings. The number of methoxy groups -OCH3 is 1. The van der Waals surface area contributed by atoms with E-state index in [9.17, 15) is 9.59 Å². The van der Waals surface area contributed by atoms with Crippen LogP contribution < -0.4 is 14.5 Å². The maximum Gasteiger partial charge on any atom is 0.285 e. The SMILES string of the molecule is COc1ccc(/C=C/C(=O)N2c3ccccc3COC23C(=O)N(C)c2ccccc23)cc1. The number of para-hydroxylation sites is 2. The van der Waals surface area contributed by atoms with Crippen LogP contribution in [0.5, 0.6) is 5.75 Å². The lowest BCUT2D eigenvalue weighted by atomic mass is 9.97. The molecule has 160 valence electrons. The molecule has 5 rings (SSSR count). The summed E-state index contributed by atoms with van der Waals surface area (Å²) in [5, 5.41) is 0. The maximum absolute atomic E-state index is 13.6. The summed E-state index contributed by atoms with van der Waals surface area (Å²) in [6, 6.07) is 22.3. The van der Waals surface area contributed by atoms with Crippen LogP contribution in [0.2, 0.25) is 0 Å². The van der Waals surface area contributed by atoms with E-state index >= 15 is 0 Å². The van der Waals surface area contributed by atoms with E-state index in [1.165, 1.54) is 11.0 Å². The maximum atomic E-state index is 13.6. The Hall–Kier alpha value is -3.90. The third-order valence-electron chi connectivity index (χ3n) is 5.96. The minimum absolute atomic E-state index is 0.232. The second-order valence-corrected chi connectivity index (χ2v) is 7.72. The van der Waals surface area contributed by atoms with Crippen molar-refractivity contribution in [3.63, 3.8) is 0 Å². The van der Waals surface area contributed by atoms with Crippen molar-refractivity contribution >= 4 is 29.3 Å². The first-order valence-electron chi connectivity index (χ1n) is 10.3.